The standard InChI is InChI=1S/C30H33ClF2N6O2S/c1-17(2)30-37-27(28-29(34)36-16-25(39(28)30)18-7-10-20(11-8-18)35-14-13-32)19-9-12-21(23(33)15-19)22-5-4-6-24(26(22)31)38-42(3,40)41/h4-7,9,12,15-17,20,35,38H,8,10-11,13-14H2,1-3H3,(H2,34,36). The summed E-state index contributed by atoms with van der Waals surface area (Å²) < 4.78 is 56.2. The van der Waals surface area contributed by atoms with Crippen LogP contribution in [0.5, 0.6) is 0 Å². The number of anilines is 2. The van der Waals surface area contributed by atoms with E-state index in [0.29, 0.717) is 28.9 Å². The highest BCUT2D eigenvalue weighted by Gasteiger charge is 2.25. The Morgan fingerprint density at radius 1 is 1.21 bits per heavy atom. The van der Waals surface area contributed by atoms with Crippen LogP contribution in [0.3, 0.4) is 0 Å². The lowest BCUT2D eigenvalue weighted by Gasteiger charge is -2.24. The summed E-state index contributed by atoms with van der Waals surface area (Å²) in [4.78, 5) is 9.43. The van der Waals surface area contributed by atoms with Gasteiger partial charge in [0.05, 0.1) is 28.9 Å². The molecular formula is C30H33ClF2N6O2S. The van der Waals surface area contributed by atoms with E-state index in [1.807, 2.05) is 18.2 Å². The number of benzene rings is 2. The summed E-state index contributed by atoms with van der Waals surface area (Å²) in [6.45, 7) is 4.02. The molecule has 42 heavy (non-hydrogen) atoms. The van der Waals surface area contributed by atoms with Crippen molar-refractivity contribution in [2.24, 2.45) is 0 Å². The van der Waals surface area contributed by atoms with Crippen molar-refractivity contribution in [1.29, 1.82) is 0 Å². The molecule has 12 heteroatoms. The van der Waals surface area contributed by atoms with Crippen LogP contribution in [0, 0.1) is 5.82 Å². The predicted octanol–water partition coefficient (Wildman–Crippen LogP) is 6.43. The SMILES string of the molecule is CC(C)c1nc(-c2ccc(-c3cccc(NS(C)(=O)=O)c3Cl)c(F)c2)c2c(N)ncc(C3=CCC(NCCF)CC3)n12. The Morgan fingerprint density at radius 3 is 2.64 bits per heavy atom. The minimum atomic E-state index is -3.58. The average Bonchev–Trinajstić information content (AvgIpc) is 3.35. The topological polar surface area (TPSA) is 114 Å². The van der Waals surface area contributed by atoms with Crippen LogP contribution in [0.25, 0.3) is 33.5 Å². The first kappa shape index (κ1) is 29.9. The quantitative estimate of drug-likeness (QED) is 0.200. The molecule has 0 bridgehead atoms. The zero-order valence-electron chi connectivity index (χ0n) is 23.6. The number of hydrogen-bond donors (Lipinski definition) is 3. The summed E-state index contributed by atoms with van der Waals surface area (Å²) >= 11 is 6.48. The molecular weight excluding hydrogens is 582 g/mol. The van der Waals surface area contributed by atoms with E-state index < -0.39 is 22.5 Å². The first-order valence-electron chi connectivity index (χ1n) is 13.7. The number of hydrogen-bond acceptors (Lipinski definition) is 6. The second-order valence-electron chi connectivity index (χ2n) is 10.8. The Morgan fingerprint density at radius 2 is 2.00 bits per heavy atom. The van der Waals surface area contributed by atoms with Crippen molar-refractivity contribution in [3.63, 3.8) is 0 Å². The van der Waals surface area contributed by atoms with Crippen molar-refractivity contribution in [2.45, 2.75) is 45.1 Å². The Balaban J connectivity index is 1.59. The monoisotopic (exact) mass is 614 g/mol. The zero-order chi connectivity index (χ0) is 30.2. The van der Waals surface area contributed by atoms with Gasteiger partial charge in [-0.2, -0.15) is 0 Å². The first-order chi connectivity index (χ1) is 20.0. The molecule has 1 atom stereocenters. The molecule has 0 amide bonds. The lowest BCUT2D eigenvalue weighted by Crippen LogP contribution is -2.32. The van der Waals surface area contributed by atoms with Crippen LogP contribution in [-0.2, 0) is 10.0 Å². The third-order valence-electron chi connectivity index (χ3n) is 7.32. The molecule has 0 fully saturated rings. The molecule has 0 radical (unpaired) electrons. The molecule has 222 valence electrons. The van der Waals surface area contributed by atoms with Gasteiger partial charge in [0.25, 0.3) is 0 Å². The second-order valence-corrected chi connectivity index (χ2v) is 12.9. The zero-order valence-corrected chi connectivity index (χ0v) is 25.2. The number of aromatic nitrogens is 3. The van der Waals surface area contributed by atoms with Gasteiger partial charge in [0.2, 0.25) is 10.0 Å². The van der Waals surface area contributed by atoms with Crippen molar-refractivity contribution in [3.05, 3.63) is 71.0 Å². The fourth-order valence-electron chi connectivity index (χ4n) is 5.39. The number of nitrogens with zero attached hydrogens (tertiary/aromatic N) is 3. The van der Waals surface area contributed by atoms with E-state index in [4.69, 9.17) is 22.3 Å². The highest BCUT2D eigenvalue weighted by molar-refractivity contribution is 7.92. The molecule has 8 nitrogen and oxygen atoms in total. The van der Waals surface area contributed by atoms with Gasteiger partial charge in [0, 0.05) is 35.2 Å². The van der Waals surface area contributed by atoms with Gasteiger partial charge in [0.15, 0.2) is 0 Å². The molecule has 1 aliphatic rings. The van der Waals surface area contributed by atoms with Crippen molar-refractivity contribution in [3.8, 4) is 22.4 Å². The lowest BCUT2D eigenvalue weighted by molar-refractivity contribution is 0.415. The maximum atomic E-state index is 15.7. The average molecular weight is 615 g/mol. The second kappa shape index (κ2) is 12.0. The number of halogens is 3. The number of sulfonamides is 1. The number of nitrogen functional groups attached to an aromatic ring is 1. The van der Waals surface area contributed by atoms with Gasteiger partial charge in [-0.3, -0.25) is 9.12 Å². The third kappa shape index (κ3) is 5.99. The predicted molar refractivity (Wildman–Crippen MR) is 165 cm³/mol. The highest BCUT2D eigenvalue weighted by atomic mass is 35.5. The van der Waals surface area contributed by atoms with Crippen molar-refractivity contribution in [2.75, 3.05) is 29.9 Å². The lowest BCUT2D eigenvalue weighted by atomic mass is 9.93. The fraction of sp³-hybridized carbons (Fsp3) is 0.333. The van der Waals surface area contributed by atoms with Gasteiger partial charge >= 0.3 is 0 Å². The Hall–Kier alpha value is -3.54. The van der Waals surface area contributed by atoms with E-state index in [-0.39, 0.29) is 34.1 Å². The Labute approximate surface area is 249 Å². The van der Waals surface area contributed by atoms with Crippen molar-refractivity contribution < 1.29 is 17.2 Å². The number of fused-ring (bicyclic) bond motifs is 1. The maximum Gasteiger partial charge on any atom is 0.229 e. The van der Waals surface area contributed by atoms with Crippen LogP contribution in [0.2, 0.25) is 5.02 Å². The molecule has 1 aliphatic carbocycles. The summed E-state index contributed by atoms with van der Waals surface area (Å²) in [5.74, 6) is 0.527. The number of alkyl halides is 1. The fourth-order valence-corrected chi connectivity index (χ4v) is 6.29. The summed E-state index contributed by atoms with van der Waals surface area (Å²) in [5, 5.41) is 3.32. The molecule has 0 saturated carbocycles. The maximum absolute atomic E-state index is 15.7. The smallest absolute Gasteiger partial charge is 0.229 e. The van der Waals surface area contributed by atoms with Gasteiger partial charge in [-0.25, -0.2) is 27.2 Å². The molecule has 0 spiro atoms. The summed E-state index contributed by atoms with van der Waals surface area (Å²) in [7, 11) is -3.58. The molecule has 4 aromatic rings. The molecule has 2 heterocycles. The van der Waals surface area contributed by atoms with E-state index in [2.05, 4.69) is 21.1 Å². The van der Waals surface area contributed by atoms with Gasteiger partial charge in [-0.05, 0) is 37.0 Å². The molecule has 2 aromatic heterocycles. The number of rotatable bonds is 9. The van der Waals surface area contributed by atoms with Crippen LogP contribution in [-0.4, -0.2) is 48.3 Å². The first-order valence-corrected chi connectivity index (χ1v) is 16.0. The third-order valence-corrected chi connectivity index (χ3v) is 8.32. The summed E-state index contributed by atoms with van der Waals surface area (Å²) in [6.07, 6.45) is 7.35. The largest absolute Gasteiger partial charge is 0.382 e. The van der Waals surface area contributed by atoms with E-state index in [1.165, 1.54) is 12.1 Å². The van der Waals surface area contributed by atoms with Gasteiger partial charge < -0.3 is 11.1 Å². The Kier molecular flexibility index (Phi) is 8.54. The molecule has 5 rings (SSSR count). The minimum absolute atomic E-state index is 0.0305. The molecule has 0 saturated heterocycles. The van der Waals surface area contributed by atoms with Gasteiger partial charge in [0.1, 0.15) is 35.3 Å². The van der Waals surface area contributed by atoms with Crippen LogP contribution < -0.4 is 15.8 Å². The highest BCUT2D eigenvalue weighted by Crippen LogP contribution is 2.39. The molecule has 0 aliphatic heterocycles. The normalized spacial score (nSPS) is 15.8. The number of nitrogens with two attached hydrogens (primary N) is 1. The Bertz CT molecular complexity index is 1790. The number of allylic oxidation sites excluding steroid dienone is 1. The van der Waals surface area contributed by atoms with Gasteiger partial charge in [-0.15, -0.1) is 0 Å². The number of nitrogens with one attached hydrogen (secondary N) is 2. The van der Waals surface area contributed by atoms with E-state index in [1.54, 1.807) is 30.5 Å². The van der Waals surface area contributed by atoms with E-state index in [9.17, 15) is 12.8 Å². The summed E-state index contributed by atoms with van der Waals surface area (Å²) in [5.41, 5.74) is 10.8. The van der Waals surface area contributed by atoms with Crippen molar-refractivity contribution >= 4 is 44.2 Å². The van der Waals surface area contributed by atoms with Crippen LogP contribution in [0.4, 0.5) is 20.3 Å². The van der Waals surface area contributed by atoms with E-state index in [0.717, 1.165) is 42.6 Å². The minimum Gasteiger partial charge on any atom is -0.382 e. The molecule has 4 N–H and O–H groups in total. The van der Waals surface area contributed by atoms with Crippen LogP contribution in [0.1, 0.15) is 50.5 Å². The molecule has 2 aromatic carbocycles. The summed E-state index contributed by atoms with van der Waals surface area (Å²) in [6, 6.07) is 9.68. The van der Waals surface area contributed by atoms with Crippen molar-refractivity contribution in [1.82, 2.24) is 19.7 Å². The van der Waals surface area contributed by atoms with E-state index >= 15 is 4.39 Å². The molecule has 1 unspecified atom stereocenters. The van der Waals surface area contributed by atoms with Crippen LogP contribution >= 0.6 is 11.6 Å². The van der Waals surface area contributed by atoms with Crippen LogP contribution in [0.15, 0.2) is 48.7 Å². The van der Waals surface area contributed by atoms with Gasteiger partial charge in [-0.1, -0.05) is 55.8 Å². The number of imidazole rings is 1.